The second-order valence-electron chi connectivity index (χ2n) is 2.99. The molecule has 60 valence electrons. The van der Waals surface area contributed by atoms with E-state index in [-0.39, 0.29) is 0 Å². The third-order valence-corrected chi connectivity index (χ3v) is 2.30. The molecule has 1 aromatic rings. The van der Waals surface area contributed by atoms with Crippen LogP contribution >= 0.6 is 0 Å². The lowest BCUT2D eigenvalue weighted by Gasteiger charge is -2.36. The van der Waals surface area contributed by atoms with Crippen molar-refractivity contribution in [3.05, 3.63) is 18.5 Å². The molecule has 1 aliphatic heterocycles. The van der Waals surface area contributed by atoms with E-state index < -0.39 is 0 Å². The lowest BCUT2D eigenvalue weighted by Crippen LogP contribution is -2.56. The average Bonchev–Trinajstić information content (AvgIpc) is 2.32. The first-order valence-electron chi connectivity index (χ1n) is 3.94. The summed E-state index contributed by atoms with van der Waals surface area (Å²) in [5.74, 6) is 0. The minimum absolute atomic E-state index is 0.686. The highest BCUT2D eigenvalue weighted by Crippen LogP contribution is 2.15. The van der Waals surface area contributed by atoms with Gasteiger partial charge in [-0.1, -0.05) is 0 Å². The summed E-state index contributed by atoms with van der Waals surface area (Å²) in [7, 11) is 2.13. The van der Waals surface area contributed by atoms with E-state index in [0.29, 0.717) is 6.04 Å². The zero-order chi connectivity index (χ0) is 7.68. The van der Waals surface area contributed by atoms with Gasteiger partial charge in [0.2, 0.25) is 0 Å². The second-order valence-corrected chi connectivity index (χ2v) is 2.99. The molecule has 2 N–H and O–H groups in total. The number of rotatable bonds is 2. The summed E-state index contributed by atoms with van der Waals surface area (Å²) in [6, 6.07) is 2.78. The summed E-state index contributed by atoms with van der Waals surface area (Å²) in [5.41, 5.74) is 1.27. The van der Waals surface area contributed by atoms with Crippen LogP contribution < -0.4 is 10.2 Å². The molecular weight excluding hydrogens is 138 g/mol. The Labute approximate surface area is 66.4 Å². The summed E-state index contributed by atoms with van der Waals surface area (Å²) >= 11 is 0. The standard InChI is InChI=1S/C8H13N3/c1-11(8-5-10-6-8)7-2-3-9-4-7/h2-4,8-10H,5-6H2,1H3. The smallest absolute Gasteiger partial charge is 0.0544 e. The number of aromatic nitrogens is 1. The van der Waals surface area contributed by atoms with Crippen LogP contribution in [0.25, 0.3) is 0 Å². The van der Waals surface area contributed by atoms with Crippen molar-refractivity contribution < 1.29 is 0 Å². The largest absolute Gasteiger partial charge is 0.368 e. The number of hydrogen-bond donors (Lipinski definition) is 2. The van der Waals surface area contributed by atoms with Crippen molar-refractivity contribution in [1.29, 1.82) is 0 Å². The van der Waals surface area contributed by atoms with Crippen molar-refractivity contribution >= 4 is 5.69 Å². The fourth-order valence-corrected chi connectivity index (χ4v) is 1.29. The van der Waals surface area contributed by atoms with Gasteiger partial charge < -0.3 is 15.2 Å². The van der Waals surface area contributed by atoms with Crippen molar-refractivity contribution in [2.24, 2.45) is 0 Å². The van der Waals surface area contributed by atoms with Gasteiger partial charge in [0, 0.05) is 32.5 Å². The molecule has 3 heteroatoms. The van der Waals surface area contributed by atoms with E-state index in [9.17, 15) is 0 Å². The highest BCUT2D eigenvalue weighted by Gasteiger charge is 2.21. The molecule has 0 atom stereocenters. The van der Waals surface area contributed by atoms with Crippen LogP contribution in [-0.4, -0.2) is 31.2 Å². The Kier molecular flexibility index (Phi) is 1.58. The Morgan fingerprint density at radius 2 is 2.36 bits per heavy atom. The minimum atomic E-state index is 0.686. The predicted molar refractivity (Wildman–Crippen MR) is 45.9 cm³/mol. The molecule has 1 aromatic heterocycles. The normalized spacial score (nSPS) is 17.9. The summed E-state index contributed by atoms with van der Waals surface area (Å²) in [5, 5.41) is 3.25. The van der Waals surface area contributed by atoms with Crippen LogP contribution in [0.3, 0.4) is 0 Å². The molecule has 0 amide bonds. The van der Waals surface area contributed by atoms with E-state index in [1.165, 1.54) is 5.69 Å². The molecule has 2 rings (SSSR count). The molecule has 1 aliphatic rings. The molecule has 1 saturated heterocycles. The monoisotopic (exact) mass is 151 g/mol. The van der Waals surface area contributed by atoms with Crippen molar-refractivity contribution in [1.82, 2.24) is 10.3 Å². The highest BCUT2D eigenvalue weighted by atomic mass is 15.2. The number of hydrogen-bond acceptors (Lipinski definition) is 2. The molecule has 0 bridgehead atoms. The molecule has 11 heavy (non-hydrogen) atoms. The average molecular weight is 151 g/mol. The van der Waals surface area contributed by atoms with Crippen LogP contribution in [0.5, 0.6) is 0 Å². The molecule has 3 nitrogen and oxygen atoms in total. The predicted octanol–water partition coefficient (Wildman–Crippen LogP) is 0.423. The second kappa shape index (κ2) is 2.58. The zero-order valence-corrected chi connectivity index (χ0v) is 6.67. The van der Waals surface area contributed by atoms with Gasteiger partial charge in [-0.05, 0) is 6.07 Å². The van der Waals surface area contributed by atoms with Crippen LogP contribution in [0, 0.1) is 0 Å². The first kappa shape index (κ1) is 6.73. The third-order valence-electron chi connectivity index (χ3n) is 2.30. The van der Waals surface area contributed by atoms with Crippen molar-refractivity contribution in [3.63, 3.8) is 0 Å². The van der Waals surface area contributed by atoms with Gasteiger partial charge in [-0.2, -0.15) is 0 Å². The van der Waals surface area contributed by atoms with Crippen molar-refractivity contribution in [3.8, 4) is 0 Å². The maximum Gasteiger partial charge on any atom is 0.0544 e. The Morgan fingerprint density at radius 3 is 2.82 bits per heavy atom. The maximum atomic E-state index is 3.25. The molecule has 0 aromatic carbocycles. The number of aromatic amines is 1. The fraction of sp³-hybridized carbons (Fsp3) is 0.500. The van der Waals surface area contributed by atoms with Gasteiger partial charge in [0.15, 0.2) is 0 Å². The number of nitrogens with one attached hydrogen (secondary N) is 2. The van der Waals surface area contributed by atoms with Gasteiger partial charge in [-0.25, -0.2) is 0 Å². The third kappa shape index (κ3) is 1.12. The van der Waals surface area contributed by atoms with Crippen LogP contribution in [-0.2, 0) is 0 Å². The van der Waals surface area contributed by atoms with Crippen LogP contribution in [0.4, 0.5) is 5.69 Å². The topological polar surface area (TPSA) is 31.1 Å². The summed E-state index contributed by atoms with van der Waals surface area (Å²) in [6.07, 6.45) is 3.98. The Balaban J connectivity index is 2.04. The van der Waals surface area contributed by atoms with E-state index in [0.717, 1.165) is 13.1 Å². The number of likely N-dealkylation sites (N-methyl/N-ethyl adjacent to an activating group) is 1. The van der Waals surface area contributed by atoms with E-state index in [1.807, 2.05) is 12.4 Å². The minimum Gasteiger partial charge on any atom is -0.368 e. The van der Waals surface area contributed by atoms with Crippen LogP contribution in [0.2, 0.25) is 0 Å². The van der Waals surface area contributed by atoms with E-state index in [1.54, 1.807) is 0 Å². The number of nitrogens with zero attached hydrogens (tertiary/aromatic N) is 1. The van der Waals surface area contributed by atoms with E-state index in [4.69, 9.17) is 0 Å². The SMILES string of the molecule is CN(c1cc[nH]c1)C1CNC1. The maximum absolute atomic E-state index is 3.25. The summed E-state index contributed by atoms with van der Waals surface area (Å²) in [6.45, 7) is 2.23. The molecule has 0 aliphatic carbocycles. The molecule has 0 unspecified atom stereocenters. The number of H-pyrrole nitrogens is 1. The molecule has 0 radical (unpaired) electrons. The Bertz CT molecular complexity index is 213. The Morgan fingerprint density at radius 1 is 1.55 bits per heavy atom. The summed E-state index contributed by atoms with van der Waals surface area (Å²) < 4.78 is 0. The van der Waals surface area contributed by atoms with Crippen molar-refractivity contribution in [2.45, 2.75) is 6.04 Å². The highest BCUT2D eigenvalue weighted by molar-refractivity contribution is 5.45. The van der Waals surface area contributed by atoms with Gasteiger partial charge in [0.1, 0.15) is 0 Å². The van der Waals surface area contributed by atoms with Gasteiger partial charge in [0.05, 0.1) is 11.7 Å². The Hall–Kier alpha value is -0.960. The quantitative estimate of drug-likeness (QED) is 0.642. The zero-order valence-electron chi connectivity index (χ0n) is 6.67. The number of anilines is 1. The van der Waals surface area contributed by atoms with Crippen LogP contribution in [0.1, 0.15) is 0 Å². The molecule has 1 fully saturated rings. The first-order chi connectivity index (χ1) is 5.38. The molecule has 2 heterocycles. The fourth-order valence-electron chi connectivity index (χ4n) is 1.29. The molecule has 0 spiro atoms. The molecular formula is C8H13N3. The van der Waals surface area contributed by atoms with E-state index in [2.05, 4.69) is 28.3 Å². The molecule has 0 saturated carbocycles. The van der Waals surface area contributed by atoms with Gasteiger partial charge in [-0.15, -0.1) is 0 Å². The van der Waals surface area contributed by atoms with Crippen molar-refractivity contribution in [2.75, 3.05) is 25.0 Å². The van der Waals surface area contributed by atoms with E-state index >= 15 is 0 Å². The van der Waals surface area contributed by atoms with Gasteiger partial charge in [0.25, 0.3) is 0 Å². The first-order valence-corrected chi connectivity index (χ1v) is 3.94. The van der Waals surface area contributed by atoms with Gasteiger partial charge >= 0.3 is 0 Å². The lowest BCUT2D eigenvalue weighted by molar-refractivity contribution is 0.429. The lowest BCUT2D eigenvalue weighted by atomic mass is 10.1. The summed E-state index contributed by atoms with van der Waals surface area (Å²) in [4.78, 5) is 5.35. The van der Waals surface area contributed by atoms with Crippen LogP contribution in [0.15, 0.2) is 18.5 Å². The van der Waals surface area contributed by atoms with Gasteiger partial charge in [-0.3, -0.25) is 0 Å².